The zero-order valence-corrected chi connectivity index (χ0v) is 5.49. The maximum atomic E-state index is 4.87. The van der Waals surface area contributed by atoms with Gasteiger partial charge in [-0.05, 0) is 11.8 Å². The topological polar surface area (TPSA) is 0 Å². The van der Waals surface area contributed by atoms with Gasteiger partial charge in [0.1, 0.15) is 0 Å². The van der Waals surface area contributed by atoms with E-state index in [-0.39, 0.29) is 0 Å². The Kier molecular flexibility index (Phi) is 5.70. The van der Waals surface area contributed by atoms with E-state index >= 15 is 0 Å². The fourth-order valence-corrected chi connectivity index (χ4v) is 0.327. The molecule has 0 nitrogen and oxygen atoms in total. The van der Waals surface area contributed by atoms with E-state index in [4.69, 9.17) is 6.42 Å². The molecule has 0 atom stereocenters. The lowest BCUT2D eigenvalue weighted by Gasteiger charge is -1.67. The molecule has 44 valence electrons. The van der Waals surface area contributed by atoms with Gasteiger partial charge in [0.2, 0.25) is 0 Å². The van der Waals surface area contributed by atoms with Crippen LogP contribution in [-0.2, 0) is 0 Å². The summed E-state index contributed by atoms with van der Waals surface area (Å²) < 4.78 is 0. The fraction of sp³-hybridized carbons (Fsp3) is 0.333. The Morgan fingerprint density at radius 2 is 2.00 bits per heavy atom. The molecule has 9 heavy (non-hydrogen) atoms. The van der Waals surface area contributed by atoms with Crippen LogP contribution in [0, 0.1) is 36.0 Å². The van der Waals surface area contributed by atoms with E-state index in [9.17, 15) is 0 Å². The standard InChI is InChI=1S/C9H8/c1-3-5-7-9-8-6-4-2/h1H,4,9H2,2H3. The molecule has 0 saturated heterocycles. The molecule has 0 amide bonds. The zero-order chi connectivity index (χ0) is 6.95. The molecule has 0 heteroatoms. The summed E-state index contributed by atoms with van der Waals surface area (Å²) in [4.78, 5) is 0. The minimum absolute atomic E-state index is 0.595. The minimum Gasteiger partial charge on any atom is -0.106 e. The van der Waals surface area contributed by atoms with Gasteiger partial charge in [0.25, 0.3) is 0 Å². The molecule has 0 saturated carbocycles. The van der Waals surface area contributed by atoms with Crippen molar-refractivity contribution in [1.29, 1.82) is 0 Å². The smallest absolute Gasteiger partial charge is 0.0712 e. The van der Waals surface area contributed by atoms with Crippen molar-refractivity contribution in [3.05, 3.63) is 0 Å². The summed E-state index contributed by atoms with van der Waals surface area (Å²) in [6, 6.07) is 0. The van der Waals surface area contributed by atoms with Crippen LogP contribution in [0.15, 0.2) is 0 Å². The van der Waals surface area contributed by atoms with Crippen LogP contribution in [0.2, 0.25) is 0 Å². The fourth-order valence-electron chi connectivity index (χ4n) is 0.327. The summed E-state index contributed by atoms with van der Waals surface area (Å²) in [7, 11) is 0. The zero-order valence-electron chi connectivity index (χ0n) is 5.49. The van der Waals surface area contributed by atoms with Gasteiger partial charge in [-0.15, -0.1) is 12.3 Å². The van der Waals surface area contributed by atoms with Crippen molar-refractivity contribution in [2.45, 2.75) is 19.8 Å². The third kappa shape index (κ3) is 6.68. The molecule has 0 aliphatic carbocycles. The first kappa shape index (κ1) is 7.68. The van der Waals surface area contributed by atoms with Crippen LogP contribution in [0.25, 0.3) is 0 Å². The van der Waals surface area contributed by atoms with Gasteiger partial charge >= 0.3 is 0 Å². The van der Waals surface area contributed by atoms with E-state index in [0.29, 0.717) is 6.42 Å². The maximum absolute atomic E-state index is 4.87. The summed E-state index contributed by atoms with van der Waals surface area (Å²) in [5, 5.41) is 0. The maximum Gasteiger partial charge on any atom is 0.0712 e. The van der Waals surface area contributed by atoms with Crippen LogP contribution >= 0.6 is 0 Å². The van der Waals surface area contributed by atoms with Crippen LogP contribution in [0.5, 0.6) is 0 Å². The molecular weight excluding hydrogens is 108 g/mol. The van der Waals surface area contributed by atoms with E-state index in [1.165, 1.54) is 0 Å². The molecule has 0 unspecified atom stereocenters. The van der Waals surface area contributed by atoms with E-state index < -0.39 is 0 Å². The van der Waals surface area contributed by atoms with Gasteiger partial charge in [0, 0.05) is 6.42 Å². The molecule has 0 aliphatic heterocycles. The van der Waals surface area contributed by atoms with Gasteiger partial charge < -0.3 is 0 Å². The quantitative estimate of drug-likeness (QED) is 0.420. The highest BCUT2D eigenvalue weighted by molar-refractivity contribution is 5.24. The lowest BCUT2D eigenvalue weighted by atomic mass is 10.4. The summed E-state index contributed by atoms with van der Waals surface area (Å²) >= 11 is 0. The first-order valence-corrected chi connectivity index (χ1v) is 2.81. The lowest BCUT2D eigenvalue weighted by molar-refractivity contribution is 1.27. The summed E-state index contributed by atoms with van der Waals surface area (Å²) in [5.74, 6) is 13.1. The molecule has 0 spiro atoms. The average molecular weight is 116 g/mol. The molecule has 0 aromatic rings. The third-order valence-electron chi connectivity index (χ3n) is 0.639. The first-order chi connectivity index (χ1) is 4.41. The Hall–Kier alpha value is -1.32. The normalized spacial score (nSPS) is 5.33. The van der Waals surface area contributed by atoms with Gasteiger partial charge in [0.05, 0.1) is 6.42 Å². The third-order valence-corrected chi connectivity index (χ3v) is 0.639. The molecule has 0 radical (unpaired) electrons. The van der Waals surface area contributed by atoms with Crippen LogP contribution in [0.4, 0.5) is 0 Å². The molecule has 0 aliphatic rings. The van der Waals surface area contributed by atoms with Crippen molar-refractivity contribution in [3.8, 4) is 36.0 Å². The highest BCUT2D eigenvalue weighted by atomic mass is 13.7. The van der Waals surface area contributed by atoms with Gasteiger partial charge in [-0.2, -0.15) is 0 Å². The second-order valence-corrected chi connectivity index (χ2v) is 1.33. The Morgan fingerprint density at radius 3 is 2.56 bits per heavy atom. The van der Waals surface area contributed by atoms with E-state index in [2.05, 4.69) is 29.6 Å². The largest absolute Gasteiger partial charge is 0.106 e. The Balaban J connectivity index is 3.43. The van der Waals surface area contributed by atoms with Crippen LogP contribution in [-0.4, -0.2) is 0 Å². The van der Waals surface area contributed by atoms with Gasteiger partial charge in [-0.3, -0.25) is 0 Å². The van der Waals surface area contributed by atoms with Crippen molar-refractivity contribution in [1.82, 2.24) is 0 Å². The second-order valence-electron chi connectivity index (χ2n) is 1.33. The second kappa shape index (κ2) is 6.68. The van der Waals surface area contributed by atoms with Crippen molar-refractivity contribution >= 4 is 0 Å². The molecule has 0 bridgehead atoms. The van der Waals surface area contributed by atoms with Gasteiger partial charge in [-0.25, -0.2) is 0 Å². The van der Waals surface area contributed by atoms with E-state index in [0.717, 1.165) is 6.42 Å². The number of hydrogen-bond donors (Lipinski definition) is 0. The molecule has 0 heterocycles. The van der Waals surface area contributed by atoms with Crippen LogP contribution < -0.4 is 0 Å². The van der Waals surface area contributed by atoms with Crippen LogP contribution in [0.3, 0.4) is 0 Å². The monoisotopic (exact) mass is 116 g/mol. The lowest BCUT2D eigenvalue weighted by Crippen LogP contribution is -1.58. The SMILES string of the molecule is C#CC#CCC#CCC. The highest BCUT2D eigenvalue weighted by Gasteiger charge is 1.62. The predicted octanol–water partition coefficient (Wildman–Crippen LogP) is 1.43. The van der Waals surface area contributed by atoms with Crippen molar-refractivity contribution < 1.29 is 0 Å². The van der Waals surface area contributed by atoms with Crippen LogP contribution in [0.1, 0.15) is 19.8 Å². The van der Waals surface area contributed by atoms with E-state index in [1.807, 2.05) is 6.92 Å². The first-order valence-electron chi connectivity index (χ1n) is 2.81. The summed E-state index contributed by atoms with van der Waals surface area (Å²) in [6.07, 6.45) is 6.35. The van der Waals surface area contributed by atoms with Crippen molar-refractivity contribution in [2.75, 3.05) is 0 Å². The molecular formula is C9H8. The molecule has 0 N–H and O–H groups in total. The number of rotatable bonds is 0. The van der Waals surface area contributed by atoms with Crippen molar-refractivity contribution in [2.24, 2.45) is 0 Å². The van der Waals surface area contributed by atoms with Gasteiger partial charge in [-0.1, -0.05) is 18.8 Å². The molecule has 0 aromatic carbocycles. The molecule has 0 aromatic heterocycles. The minimum atomic E-state index is 0.595. The molecule has 0 rings (SSSR count). The average Bonchev–Trinajstić information content (AvgIpc) is 1.89. The summed E-state index contributed by atoms with van der Waals surface area (Å²) in [5.41, 5.74) is 0. The number of terminal acetylenes is 1. The highest BCUT2D eigenvalue weighted by Crippen LogP contribution is 1.71. The Labute approximate surface area is 56.7 Å². The summed E-state index contributed by atoms with van der Waals surface area (Å²) in [6.45, 7) is 2.00. The Morgan fingerprint density at radius 1 is 1.22 bits per heavy atom. The Bertz CT molecular complexity index is 206. The molecule has 0 fully saturated rings. The van der Waals surface area contributed by atoms with Gasteiger partial charge in [0.15, 0.2) is 0 Å². The number of hydrogen-bond acceptors (Lipinski definition) is 0. The van der Waals surface area contributed by atoms with Crippen molar-refractivity contribution in [3.63, 3.8) is 0 Å². The van der Waals surface area contributed by atoms with E-state index in [1.54, 1.807) is 0 Å². The predicted molar refractivity (Wildman–Crippen MR) is 39.3 cm³/mol.